The molecule has 0 saturated carbocycles. The van der Waals surface area contributed by atoms with E-state index in [-0.39, 0.29) is 12.0 Å². The Hall–Kier alpha value is -1.16. The lowest BCUT2D eigenvalue weighted by molar-refractivity contribution is 0.380. The highest BCUT2D eigenvalue weighted by Crippen LogP contribution is 2.26. The molecule has 2 aromatic rings. The first-order valence-electron chi connectivity index (χ1n) is 4.86. The number of hydrogen-bond donors (Lipinski definition) is 2. The third kappa shape index (κ3) is 3.19. The van der Waals surface area contributed by atoms with Crippen molar-refractivity contribution in [1.29, 1.82) is 0 Å². The summed E-state index contributed by atoms with van der Waals surface area (Å²) in [5.74, 6) is 0.437. The van der Waals surface area contributed by atoms with Gasteiger partial charge in [-0.3, -0.25) is 0 Å². The summed E-state index contributed by atoms with van der Waals surface area (Å²) in [5, 5.41) is 3.04. The van der Waals surface area contributed by atoms with Gasteiger partial charge in [0.1, 0.15) is 0 Å². The van der Waals surface area contributed by atoms with E-state index in [9.17, 15) is 0 Å². The number of halogens is 2. The third-order valence-electron chi connectivity index (χ3n) is 1.99. The van der Waals surface area contributed by atoms with Crippen molar-refractivity contribution in [3.63, 3.8) is 0 Å². The first-order chi connectivity index (χ1) is 8.58. The fourth-order valence-corrected chi connectivity index (χ4v) is 2.63. The summed E-state index contributed by atoms with van der Waals surface area (Å²) in [6.45, 7) is 0. The second-order valence-corrected chi connectivity index (χ2v) is 5.35. The van der Waals surface area contributed by atoms with Gasteiger partial charge in [0.15, 0.2) is 0 Å². The van der Waals surface area contributed by atoms with E-state index in [1.54, 1.807) is 0 Å². The van der Waals surface area contributed by atoms with E-state index in [1.807, 2.05) is 18.2 Å². The standard InChI is InChI=1S/C10H9BrIN5O/c1-18-10-16-8(13)15-9(17-10)14-7-3-2-5(12)4-6(7)11/h2-4H,1H3,(H3,13,14,15,16,17). The highest BCUT2D eigenvalue weighted by molar-refractivity contribution is 14.1. The molecule has 1 aromatic carbocycles. The number of rotatable bonds is 3. The van der Waals surface area contributed by atoms with Crippen molar-refractivity contribution in [2.45, 2.75) is 0 Å². The van der Waals surface area contributed by atoms with Crippen LogP contribution in [0.1, 0.15) is 0 Å². The lowest BCUT2D eigenvalue weighted by Gasteiger charge is -2.08. The molecule has 1 aromatic heterocycles. The monoisotopic (exact) mass is 421 g/mol. The fourth-order valence-electron chi connectivity index (χ4n) is 1.23. The maximum absolute atomic E-state index is 5.56. The molecule has 0 aliphatic rings. The van der Waals surface area contributed by atoms with Crippen molar-refractivity contribution in [2.24, 2.45) is 0 Å². The van der Waals surface area contributed by atoms with Crippen LogP contribution < -0.4 is 15.8 Å². The van der Waals surface area contributed by atoms with Gasteiger partial charge < -0.3 is 15.8 Å². The van der Waals surface area contributed by atoms with E-state index in [0.29, 0.717) is 5.95 Å². The molecule has 0 aliphatic heterocycles. The average Bonchev–Trinajstić information content (AvgIpc) is 2.32. The molecule has 0 atom stereocenters. The van der Waals surface area contributed by atoms with Crippen LogP contribution in [0.15, 0.2) is 22.7 Å². The number of nitrogens with one attached hydrogen (secondary N) is 1. The van der Waals surface area contributed by atoms with E-state index in [1.165, 1.54) is 7.11 Å². The summed E-state index contributed by atoms with van der Waals surface area (Å²) in [4.78, 5) is 11.8. The predicted molar refractivity (Wildman–Crippen MR) is 80.9 cm³/mol. The van der Waals surface area contributed by atoms with Gasteiger partial charge >= 0.3 is 6.01 Å². The van der Waals surface area contributed by atoms with E-state index < -0.39 is 0 Å². The maximum atomic E-state index is 5.56. The van der Waals surface area contributed by atoms with Gasteiger partial charge in [-0.2, -0.15) is 15.0 Å². The number of nitrogens with two attached hydrogens (primary N) is 1. The molecule has 0 radical (unpaired) electrons. The Kier molecular flexibility index (Phi) is 4.17. The van der Waals surface area contributed by atoms with E-state index in [2.05, 4.69) is 58.8 Å². The zero-order valence-electron chi connectivity index (χ0n) is 9.32. The molecule has 0 aliphatic carbocycles. The SMILES string of the molecule is COc1nc(N)nc(Nc2ccc(I)cc2Br)n1. The van der Waals surface area contributed by atoms with Gasteiger partial charge in [-0.1, -0.05) is 0 Å². The van der Waals surface area contributed by atoms with Crippen LogP contribution in [0.5, 0.6) is 6.01 Å². The number of nitrogen functional groups attached to an aromatic ring is 1. The van der Waals surface area contributed by atoms with Gasteiger partial charge in [0.05, 0.1) is 12.8 Å². The normalized spacial score (nSPS) is 10.2. The van der Waals surface area contributed by atoms with Crippen molar-refractivity contribution < 1.29 is 4.74 Å². The van der Waals surface area contributed by atoms with Crippen molar-refractivity contribution >= 4 is 56.1 Å². The Morgan fingerprint density at radius 1 is 1.33 bits per heavy atom. The number of anilines is 3. The van der Waals surface area contributed by atoms with Gasteiger partial charge in [-0.25, -0.2) is 0 Å². The predicted octanol–water partition coefficient (Wildman–Crippen LogP) is 2.57. The molecule has 2 rings (SSSR count). The van der Waals surface area contributed by atoms with Crippen LogP contribution in [-0.2, 0) is 0 Å². The highest BCUT2D eigenvalue weighted by Gasteiger charge is 2.07. The van der Waals surface area contributed by atoms with Gasteiger partial charge in [-0.05, 0) is 56.7 Å². The number of methoxy groups -OCH3 is 1. The molecule has 0 unspecified atom stereocenters. The quantitative estimate of drug-likeness (QED) is 0.741. The molecule has 0 spiro atoms. The topological polar surface area (TPSA) is 86.0 Å². The molecule has 0 fully saturated rings. The zero-order valence-corrected chi connectivity index (χ0v) is 13.1. The first kappa shape index (κ1) is 13.3. The first-order valence-corrected chi connectivity index (χ1v) is 6.73. The van der Waals surface area contributed by atoms with Crippen LogP contribution in [0.25, 0.3) is 0 Å². The van der Waals surface area contributed by atoms with E-state index >= 15 is 0 Å². The summed E-state index contributed by atoms with van der Waals surface area (Å²) in [7, 11) is 1.47. The molecule has 6 nitrogen and oxygen atoms in total. The number of ether oxygens (including phenoxy) is 1. The number of nitrogens with zero attached hydrogens (tertiary/aromatic N) is 3. The largest absolute Gasteiger partial charge is 0.467 e. The van der Waals surface area contributed by atoms with Crippen LogP contribution >= 0.6 is 38.5 Å². The molecule has 94 valence electrons. The minimum Gasteiger partial charge on any atom is -0.467 e. The summed E-state index contributed by atoms with van der Waals surface area (Å²) in [5.41, 5.74) is 6.39. The molecule has 3 N–H and O–H groups in total. The number of hydrogen-bond acceptors (Lipinski definition) is 6. The third-order valence-corrected chi connectivity index (χ3v) is 3.32. The summed E-state index contributed by atoms with van der Waals surface area (Å²) < 4.78 is 6.96. The molecule has 1 heterocycles. The van der Waals surface area contributed by atoms with Crippen LogP contribution in [0.4, 0.5) is 17.6 Å². The smallest absolute Gasteiger partial charge is 0.322 e. The van der Waals surface area contributed by atoms with Crippen molar-refractivity contribution in [3.05, 3.63) is 26.2 Å². The molecule has 8 heteroatoms. The van der Waals surface area contributed by atoms with Crippen LogP contribution in [0.2, 0.25) is 0 Å². The number of benzene rings is 1. The van der Waals surface area contributed by atoms with Crippen LogP contribution in [-0.4, -0.2) is 22.1 Å². The van der Waals surface area contributed by atoms with E-state index in [0.717, 1.165) is 13.7 Å². The second-order valence-electron chi connectivity index (χ2n) is 3.25. The molecule has 18 heavy (non-hydrogen) atoms. The molecular formula is C10H9BrIN5O. The molecule has 0 saturated heterocycles. The van der Waals surface area contributed by atoms with Gasteiger partial charge in [-0.15, -0.1) is 0 Å². The summed E-state index contributed by atoms with van der Waals surface area (Å²) in [6, 6.07) is 6.03. The highest BCUT2D eigenvalue weighted by atomic mass is 127. The molecule has 0 bridgehead atoms. The Labute approximate surface area is 126 Å². The van der Waals surface area contributed by atoms with E-state index in [4.69, 9.17) is 10.5 Å². The summed E-state index contributed by atoms with van der Waals surface area (Å²) >= 11 is 5.69. The second kappa shape index (κ2) is 5.65. The average molecular weight is 422 g/mol. The zero-order chi connectivity index (χ0) is 13.1. The Morgan fingerprint density at radius 3 is 2.78 bits per heavy atom. The molecule has 0 amide bonds. The Morgan fingerprint density at radius 2 is 2.11 bits per heavy atom. The Bertz CT molecular complexity index is 580. The number of aromatic nitrogens is 3. The Balaban J connectivity index is 2.30. The van der Waals surface area contributed by atoms with Crippen molar-refractivity contribution in [1.82, 2.24) is 15.0 Å². The lowest BCUT2D eigenvalue weighted by atomic mass is 10.3. The lowest BCUT2D eigenvalue weighted by Crippen LogP contribution is -2.05. The minimum atomic E-state index is 0.103. The van der Waals surface area contributed by atoms with Gasteiger partial charge in [0.25, 0.3) is 0 Å². The van der Waals surface area contributed by atoms with Crippen LogP contribution in [0, 0.1) is 3.57 Å². The van der Waals surface area contributed by atoms with Crippen molar-refractivity contribution in [3.8, 4) is 6.01 Å². The van der Waals surface area contributed by atoms with Gasteiger partial charge in [0, 0.05) is 8.04 Å². The van der Waals surface area contributed by atoms with Crippen LogP contribution in [0.3, 0.4) is 0 Å². The molecular weight excluding hydrogens is 413 g/mol. The van der Waals surface area contributed by atoms with Crippen molar-refractivity contribution in [2.75, 3.05) is 18.2 Å². The fraction of sp³-hybridized carbons (Fsp3) is 0.100. The minimum absolute atomic E-state index is 0.103. The summed E-state index contributed by atoms with van der Waals surface area (Å²) in [6.07, 6.45) is 0. The van der Waals surface area contributed by atoms with Gasteiger partial charge in [0.2, 0.25) is 11.9 Å². The maximum Gasteiger partial charge on any atom is 0.322 e.